The molecule has 6 heteroatoms. The first-order valence-electron chi connectivity index (χ1n) is 10.7. The topological polar surface area (TPSA) is 62.3 Å². The van der Waals surface area contributed by atoms with E-state index in [-0.39, 0.29) is 17.7 Å². The number of hydrogen-bond donors (Lipinski definition) is 1. The molecule has 0 aliphatic rings. The van der Waals surface area contributed by atoms with Gasteiger partial charge in [-0.25, -0.2) is 0 Å². The average molecular weight is 450 g/mol. The second kappa shape index (κ2) is 11.4. The van der Waals surface area contributed by atoms with Gasteiger partial charge in [-0.3, -0.25) is 14.6 Å². The molecule has 0 fully saturated rings. The molecular weight excluding hydrogens is 422 g/mol. The molecule has 1 atom stereocenters. The Morgan fingerprint density at radius 3 is 2.25 bits per heavy atom. The summed E-state index contributed by atoms with van der Waals surface area (Å²) in [5, 5.41) is 3.62. The summed E-state index contributed by atoms with van der Waals surface area (Å²) >= 11 is 6.03. The molecule has 0 saturated heterocycles. The van der Waals surface area contributed by atoms with Crippen LogP contribution in [0, 0.1) is 5.92 Å². The number of aromatic nitrogens is 1. The van der Waals surface area contributed by atoms with Gasteiger partial charge in [0.05, 0.1) is 0 Å². The molecule has 5 nitrogen and oxygen atoms in total. The molecule has 0 aliphatic heterocycles. The van der Waals surface area contributed by atoms with Crippen molar-refractivity contribution < 1.29 is 9.59 Å². The van der Waals surface area contributed by atoms with Gasteiger partial charge in [-0.15, -0.1) is 0 Å². The van der Waals surface area contributed by atoms with Crippen LogP contribution in [0.5, 0.6) is 0 Å². The molecule has 2 aromatic carbocycles. The van der Waals surface area contributed by atoms with Gasteiger partial charge in [-0.1, -0.05) is 74.0 Å². The lowest BCUT2D eigenvalue weighted by atomic mass is 10.0. The quantitative estimate of drug-likeness (QED) is 0.517. The number of amides is 2. The standard InChI is InChI=1S/C26H28ClN3O2/c1-19(2)26(32)30(18-21-10-12-23(27)13-11-21)24(15-20-7-4-3-5-8-20)25(31)29-17-22-9-6-14-28-16-22/h3-14,16,19,24H,15,17-18H2,1-2H3,(H,29,31)/t24-/m0/s1. The number of rotatable bonds is 9. The lowest BCUT2D eigenvalue weighted by molar-refractivity contribution is -0.143. The number of hydrogen-bond acceptors (Lipinski definition) is 3. The number of nitrogens with zero attached hydrogens (tertiary/aromatic N) is 2. The van der Waals surface area contributed by atoms with Crippen molar-refractivity contribution in [2.45, 2.75) is 39.4 Å². The highest BCUT2D eigenvalue weighted by Crippen LogP contribution is 2.19. The molecule has 3 aromatic rings. The summed E-state index contributed by atoms with van der Waals surface area (Å²) in [6.07, 6.45) is 3.83. The van der Waals surface area contributed by atoms with Gasteiger partial charge >= 0.3 is 0 Å². The lowest BCUT2D eigenvalue weighted by Gasteiger charge is -2.33. The molecule has 0 unspecified atom stereocenters. The zero-order chi connectivity index (χ0) is 22.9. The van der Waals surface area contributed by atoms with Crippen molar-refractivity contribution in [3.05, 3.63) is 101 Å². The fourth-order valence-electron chi connectivity index (χ4n) is 3.45. The van der Waals surface area contributed by atoms with Crippen molar-refractivity contribution in [3.63, 3.8) is 0 Å². The lowest BCUT2D eigenvalue weighted by Crippen LogP contribution is -2.51. The van der Waals surface area contributed by atoms with Crippen LogP contribution < -0.4 is 5.32 Å². The van der Waals surface area contributed by atoms with Gasteiger partial charge in [-0.2, -0.15) is 0 Å². The zero-order valence-corrected chi connectivity index (χ0v) is 19.1. The Morgan fingerprint density at radius 1 is 0.938 bits per heavy atom. The SMILES string of the molecule is CC(C)C(=O)N(Cc1ccc(Cl)cc1)[C@@H](Cc1ccccc1)C(=O)NCc1cccnc1. The van der Waals surface area contributed by atoms with E-state index in [1.54, 1.807) is 29.4 Å². The fourth-order valence-corrected chi connectivity index (χ4v) is 3.58. The summed E-state index contributed by atoms with van der Waals surface area (Å²) in [6.45, 7) is 4.38. The largest absolute Gasteiger partial charge is 0.350 e. The van der Waals surface area contributed by atoms with Gasteiger partial charge in [0.15, 0.2) is 0 Å². The third-order valence-electron chi connectivity index (χ3n) is 5.18. The normalized spacial score (nSPS) is 11.8. The van der Waals surface area contributed by atoms with Gasteiger partial charge in [0.25, 0.3) is 0 Å². The summed E-state index contributed by atoms with van der Waals surface area (Å²) in [7, 11) is 0. The van der Waals surface area contributed by atoms with E-state index in [4.69, 9.17) is 11.6 Å². The van der Waals surface area contributed by atoms with Crippen molar-refractivity contribution in [1.82, 2.24) is 15.2 Å². The minimum absolute atomic E-state index is 0.0718. The van der Waals surface area contributed by atoms with Crippen LogP contribution in [-0.4, -0.2) is 27.7 Å². The van der Waals surface area contributed by atoms with Crippen molar-refractivity contribution in [1.29, 1.82) is 0 Å². The molecule has 3 rings (SSSR count). The summed E-state index contributed by atoms with van der Waals surface area (Å²) in [5.41, 5.74) is 2.81. The van der Waals surface area contributed by atoms with E-state index in [1.165, 1.54) is 0 Å². The van der Waals surface area contributed by atoms with Crippen molar-refractivity contribution >= 4 is 23.4 Å². The van der Waals surface area contributed by atoms with E-state index < -0.39 is 6.04 Å². The molecule has 0 saturated carbocycles. The second-order valence-corrected chi connectivity index (χ2v) is 8.47. The molecule has 166 valence electrons. The molecule has 0 aliphatic carbocycles. The number of halogens is 1. The van der Waals surface area contributed by atoms with Crippen LogP contribution in [0.15, 0.2) is 79.1 Å². The Kier molecular flexibility index (Phi) is 8.40. The van der Waals surface area contributed by atoms with Crippen LogP contribution in [0.2, 0.25) is 5.02 Å². The van der Waals surface area contributed by atoms with Crippen LogP contribution in [0.1, 0.15) is 30.5 Å². The summed E-state index contributed by atoms with van der Waals surface area (Å²) in [6, 6.07) is 20.2. The third kappa shape index (κ3) is 6.66. The average Bonchev–Trinajstić information content (AvgIpc) is 2.81. The minimum Gasteiger partial charge on any atom is -0.350 e. The summed E-state index contributed by atoms with van der Waals surface area (Å²) < 4.78 is 0. The molecule has 0 bridgehead atoms. The van der Waals surface area contributed by atoms with Crippen molar-refractivity contribution in [3.8, 4) is 0 Å². The van der Waals surface area contributed by atoms with E-state index in [1.807, 2.05) is 68.4 Å². The molecule has 32 heavy (non-hydrogen) atoms. The molecule has 1 aromatic heterocycles. The van der Waals surface area contributed by atoms with Crippen molar-refractivity contribution in [2.24, 2.45) is 5.92 Å². The van der Waals surface area contributed by atoms with Crippen molar-refractivity contribution in [2.75, 3.05) is 0 Å². The highest BCUT2D eigenvalue weighted by atomic mass is 35.5. The molecular formula is C26H28ClN3O2. The Bertz CT molecular complexity index is 1010. The van der Waals surface area contributed by atoms with Crippen LogP contribution >= 0.6 is 11.6 Å². The highest BCUT2D eigenvalue weighted by molar-refractivity contribution is 6.30. The Hall–Kier alpha value is -3.18. The monoisotopic (exact) mass is 449 g/mol. The fraction of sp³-hybridized carbons (Fsp3) is 0.269. The summed E-state index contributed by atoms with van der Waals surface area (Å²) in [5.74, 6) is -0.509. The Labute approximate surface area is 194 Å². The first-order valence-corrected chi connectivity index (χ1v) is 11.1. The molecule has 2 amide bonds. The number of pyridine rings is 1. The first-order chi connectivity index (χ1) is 15.4. The smallest absolute Gasteiger partial charge is 0.243 e. The maximum Gasteiger partial charge on any atom is 0.243 e. The number of carbonyl (C=O) groups excluding carboxylic acids is 2. The van der Waals surface area contributed by atoms with Gasteiger partial charge < -0.3 is 10.2 Å². The summed E-state index contributed by atoms with van der Waals surface area (Å²) in [4.78, 5) is 32.4. The van der Waals surface area contributed by atoms with E-state index >= 15 is 0 Å². The Morgan fingerprint density at radius 2 is 1.62 bits per heavy atom. The number of carbonyl (C=O) groups is 2. The van der Waals surface area contributed by atoms with Gasteiger partial charge in [0.2, 0.25) is 11.8 Å². The maximum atomic E-state index is 13.4. The van der Waals surface area contributed by atoms with Gasteiger partial charge in [-0.05, 0) is 34.9 Å². The van der Waals surface area contributed by atoms with Gasteiger partial charge in [0, 0.05) is 42.8 Å². The van der Waals surface area contributed by atoms with E-state index in [0.29, 0.717) is 24.5 Å². The van der Waals surface area contributed by atoms with Crippen LogP contribution in [0.25, 0.3) is 0 Å². The van der Waals surface area contributed by atoms with Gasteiger partial charge in [0.1, 0.15) is 6.04 Å². The molecule has 0 spiro atoms. The van der Waals surface area contributed by atoms with Crippen LogP contribution in [0.3, 0.4) is 0 Å². The predicted molar refractivity (Wildman–Crippen MR) is 127 cm³/mol. The van der Waals surface area contributed by atoms with E-state index in [0.717, 1.165) is 16.7 Å². The maximum absolute atomic E-state index is 13.4. The van der Waals surface area contributed by atoms with Crippen LogP contribution in [0.4, 0.5) is 0 Å². The Balaban J connectivity index is 1.89. The van der Waals surface area contributed by atoms with E-state index in [9.17, 15) is 9.59 Å². The van der Waals surface area contributed by atoms with E-state index in [2.05, 4.69) is 10.3 Å². The second-order valence-electron chi connectivity index (χ2n) is 8.03. The minimum atomic E-state index is -0.653. The molecule has 1 N–H and O–H groups in total. The number of benzene rings is 2. The highest BCUT2D eigenvalue weighted by Gasteiger charge is 2.31. The van der Waals surface area contributed by atoms with Crippen LogP contribution in [-0.2, 0) is 29.1 Å². The third-order valence-corrected chi connectivity index (χ3v) is 5.44. The first kappa shape index (κ1) is 23.5. The number of nitrogens with one attached hydrogen (secondary N) is 1. The molecule has 1 heterocycles. The predicted octanol–water partition coefficient (Wildman–Crippen LogP) is 4.65. The zero-order valence-electron chi connectivity index (χ0n) is 18.4. The molecule has 0 radical (unpaired) electrons.